The molecule has 0 aliphatic carbocycles. The molecular formula is C20H31NO5. The minimum Gasteiger partial charge on any atom is -0.423 e. The second-order valence-electron chi connectivity index (χ2n) is 7.30. The molecule has 2 N–H and O–H groups in total. The van der Waals surface area contributed by atoms with Crippen molar-refractivity contribution in [3.05, 3.63) is 23.8 Å². The van der Waals surface area contributed by atoms with E-state index in [1.54, 1.807) is 18.2 Å². The molecule has 1 aromatic rings. The fourth-order valence-electron chi connectivity index (χ4n) is 2.17. The van der Waals surface area contributed by atoms with E-state index in [0.29, 0.717) is 24.9 Å². The van der Waals surface area contributed by atoms with Crippen molar-refractivity contribution >= 4 is 11.9 Å². The number of hydrogen-bond donors (Lipinski definition) is 2. The van der Waals surface area contributed by atoms with Gasteiger partial charge < -0.3 is 19.9 Å². The number of rotatable bonds is 9. The fourth-order valence-corrected chi connectivity index (χ4v) is 2.17. The van der Waals surface area contributed by atoms with Crippen LogP contribution in [0.5, 0.6) is 11.5 Å². The summed E-state index contributed by atoms with van der Waals surface area (Å²) in [5.74, 6) is -0.449. The van der Waals surface area contributed by atoms with Gasteiger partial charge in [0.25, 0.3) is 0 Å². The molecule has 0 aliphatic rings. The lowest BCUT2D eigenvalue weighted by Crippen LogP contribution is -2.38. The lowest BCUT2D eigenvalue weighted by atomic mass is 10.1. The predicted octanol–water partition coefficient (Wildman–Crippen LogP) is 3.52. The van der Waals surface area contributed by atoms with Crippen LogP contribution in [0.4, 0.5) is 0 Å². The lowest BCUT2D eigenvalue weighted by Gasteiger charge is -2.23. The Balaban J connectivity index is 3.00. The summed E-state index contributed by atoms with van der Waals surface area (Å²) >= 11 is 0. The molecular weight excluding hydrogens is 334 g/mol. The molecule has 1 aromatic carbocycles. The standard InChI is InChI=1S/C20H31NO5/c1-6-8-18(23)25-16-11-10-14(15(22)13-21-20(3,4)5)12-17(16)26-19(24)9-7-2/h10-12,15,21-22H,6-9,13H2,1-5H3/t15-/m0/s1. The summed E-state index contributed by atoms with van der Waals surface area (Å²) in [6, 6.07) is 4.77. The van der Waals surface area contributed by atoms with Gasteiger partial charge in [0.15, 0.2) is 11.5 Å². The van der Waals surface area contributed by atoms with Crippen LogP contribution in [0.3, 0.4) is 0 Å². The first-order chi connectivity index (χ1) is 12.2. The molecule has 6 nitrogen and oxygen atoms in total. The first kappa shape index (κ1) is 22.1. The minimum atomic E-state index is -0.779. The summed E-state index contributed by atoms with van der Waals surface area (Å²) in [5.41, 5.74) is 0.448. The molecule has 0 saturated heterocycles. The van der Waals surface area contributed by atoms with Crippen LogP contribution in [-0.4, -0.2) is 29.1 Å². The summed E-state index contributed by atoms with van der Waals surface area (Å²) in [5, 5.41) is 13.6. The molecule has 0 heterocycles. The maximum absolute atomic E-state index is 11.9. The van der Waals surface area contributed by atoms with Gasteiger partial charge in [-0.05, 0) is 51.3 Å². The van der Waals surface area contributed by atoms with Gasteiger partial charge in [0.1, 0.15) is 0 Å². The molecule has 0 aromatic heterocycles. The lowest BCUT2D eigenvalue weighted by molar-refractivity contribution is -0.137. The number of β-amino-alcohol motifs (C(OH)–C–C–N with tert-alkyl or cyclic N) is 1. The normalized spacial score (nSPS) is 12.5. The molecule has 1 atom stereocenters. The third-order valence-corrected chi connectivity index (χ3v) is 3.53. The van der Waals surface area contributed by atoms with Gasteiger partial charge in [-0.2, -0.15) is 0 Å². The highest BCUT2D eigenvalue weighted by Crippen LogP contribution is 2.31. The van der Waals surface area contributed by atoms with Crippen molar-refractivity contribution in [3.63, 3.8) is 0 Å². The van der Waals surface area contributed by atoms with Gasteiger partial charge in [-0.15, -0.1) is 0 Å². The second-order valence-corrected chi connectivity index (χ2v) is 7.30. The monoisotopic (exact) mass is 365 g/mol. The highest BCUT2D eigenvalue weighted by atomic mass is 16.6. The predicted molar refractivity (Wildman–Crippen MR) is 100 cm³/mol. The molecule has 0 aliphatic heterocycles. The average molecular weight is 365 g/mol. The largest absolute Gasteiger partial charge is 0.423 e. The number of hydrogen-bond acceptors (Lipinski definition) is 6. The van der Waals surface area contributed by atoms with Crippen LogP contribution in [0.25, 0.3) is 0 Å². The van der Waals surface area contributed by atoms with E-state index in [1.165, 1.54) is 0 Å². The average Bonchev–Trinajstić information content (AvgIpc) is 2.54. The molecule has 0 amide bonds. The number of carbonyl (C=O) groups is 2. The van der Waals surface area contributed by atoms with Gasteiger partial charge in [-0.3, -0.25) is 9.59 Å². The van der Waals surface area contributed by atoms with Crippen molar-refractivity contribution < 1.29 is 24.2 Å². The van der Waals surface area contributed by atoms with Gasteiger partial charge in [0, 0.05) is 24.9 Å². The van der Waals surface area contributed by atoms with Gasteiger partial charge >= 0.3 is 11.9 Å². The Morgan fingerprint density at radius 1 is 1.04 bits per heavy atom. The molecule has 6 heteroatoms. The first-order valence-corrected chi connectivity index (χ1v) is 9.14. The molecule has 0 bridgehead atoms. The van der Waals surface area contributed by atoms with Crippen LogP contribution in [0.15, 0.2) is 18.2 Å². The number of benzene rings is 1. The maximum Gasteiger partial charge on any atom is 0.311 e. The summed E-state index contributed by atoms with van der Waals surface area (Å²) in [6.07, 6.45) is 1.09. The Morgan fingerprint density at radius 2 is 1.58 bits per heavy atom. The number of aliphatic hydroxyl groups excluding tert-OH is 1. The van der Waals surface area contributed by atoms with Crippen LogP contribution in [-0.2, 0) is 9.59 Å². The van der Waals surface area contributed by atoms with E-state index in [-0.39, 0.29) is 35.8 Å². The van der Waals surface area contributed by atoms with Gasteiger partial charge in [-0.25, -0.2) is 0 Å². The van der Waals surface area contributed by atoms with Crippen molar-refractivity contribution in [1.82, 2.24) is 5.32 Å². The molecule has 146 valence electrons. The molecule has 26 heavy (non-hydrogen) atoms. The number of carbonyl (C=O) groups excluding carboxylic acids is 2. The van der Waals surface area contributed by atoms with Crippen LogP contribution >= 0.6 is 0 Å². The smallest absolute Gasteiger partial charge is 0.311 e. The first-order valence-electron chi connectivity index (χ1n) is 9.14. The summed E-state index contributed by atoms with van der Waals surface area (Å²) in [4.78, 5) is 23.7. The Bertz CT molecular complexity index is 607. The highest BCUT2D eigenvalue weighted by Gasteiger charge is 2.18. The Hall–Kier alpha value is -1.92. The zero-order valence-corrected chi connectivity index (χ0v) is 16.4. The fraction of sp³-hybridized carbons (Fsp3) is 0.600. The van der Waals surface area contributed by atoms with Crippen LogP contribution in [0, 0.1) is 0 Å². The van der Waals surface area contributed by atoms with E-state index in [1.807, 2.05) is 34.6 Å². The molecule has 1 rings (SSSR count). The van der Waals surface area contributed by atoms with Crippen LogP contribution in [0.1, 0.15) is 72.0 Å². The zero-order valence-electron chi connectivity index (χ0n) is 16.4. The Morgan fingerprint density at radius 3 is 2.08 bits per heavy atom. The van der Waals surface area contributed by atoms with E-state index in [9.17, 15) is 14.7 Å². The number of nitrogens with one attached hydrogen (secondary N) is 1. The van der Waals surface area contributed by atoms with Crippen molar-refractivity contribution in [3.8, 4) is 11.5 Å². The van der Waals surface area contributed by atoms with E-state index in [2.05, 4.69) is 5.32 Å². The van der Waals surface area contributed by atoms with Crippen molar-refractivity contribution in [2.45, 2.75) is 71.9 Å². The number of aliphatic hydroxyl groups is 1. The maximum atomic E-state index is 11.9. The summed E-state index contributed by atoms with van der Waals surface area (Å²) in [6.45, 7) is 10.1. The van der Waals surface area contributed by atoms with Gasteiger partial charge in [-0.1, -0.05) is 19.9 Å². The van der Waals surface area contributed by atoms with Crippen molar-refractivity contribution in [2.24, 2.45) is 0 Å². The summed E-state index contributed by atoms with van der Waals surface area (Å²) in [7, 11) is 0. The molecule has 0 spiro atoms. The van der Waals surface area contributed by atoms with Crippen LogP contribution < -0.4 is 14.8 Å². The van der Waals surface area contributed by atoms with Crippen LogP contribution in [0.2, 0.25) is 0 Å². The minimum absolute atomic E-state index is 0.132. The van der Waals surface area contributed by atoms with E-state index in [4.69, 9.17) is 9.47 Å². The summed E-state index contributed by atoms with van der Waals surface area (Å²) < 4.78 is 10.7. The topological polar surface area (TPSA) is 84.9 Å². The molecule has 0 saturated carbocycles. The number of esters is 2. The number of ether oxygens (including phenoxy) is 2. The Labute approximate surface area is 155 Å². The van der Waals surface area contributed by atoms with E-state index in [0.717, 1.165) is 0 Å². The van der Waals surface area contributed by atoms with E-state index >= 15 is 0 Å². The van der Waals surface area contributed by atoms with E-state index < -0.39 is 12.1 Å². The molecule has 0 unspecified atom stereocenters. The second kappa shape index (κ2) is 10.3. The van der Waals surface area contributed by atoms with Gasteiger partial charge in [0.05, 0.1) is 6.10 Å². The third-order valence-electron chi connectivity index (χ3n) is 3.53. The SMILES string of the molecule is CCCC(=O)Oc1ccc([C@@H](O)CNC(C)(C)C)cc1OC(=O)CCC. The molecule has 0 radical (unpaired) electrons. The van der Waals surface area contributed by atoms with Crippen molar-refractivity contribution in [2.75, 3.05) is 6.54 Å². The van der Waals surface area contributed by atoms with Crippen molar-refractivity contribution in [1.29, 1.82) is 0 Å². The van der Waals surface area contributed by atoms with Gasteiger partial charge in [0.2, 0.25) is 0 Å². The quantitative estimate of drug-likeness (QED) is 0.514. The highest BCUT2D eigenvalue weighted by molar-refractivity contribution is 5.76. The Kier molecular flexibility index (Phi) is 8.75. The third kappa shape index (κ3) is 7.97. The molecule has 0 fully saturated rings. The zero-order chi connectivity index (χ0) is 19.7.